The van der Waals surface area contributed by atoms with Crippen LogP contribution < -0.4 is 11.1 Å². The first kappa shape index (κ1) is 13.6. The third-order valence-corrected chi connectivity index (χ3v) is 3.19. The Hall–Kier alpha value is -1.78. The minimum Gasteiger partial charge on any atom is -0.384 e. The number of carbonyl (C=O) groups is 1. The van der Waals surface area contributed by atoms with Gasteiger partial charge in [0.15, 0.2) is 0 Å². The maximum atomic E-state index is 12.0. The Labute approximate surface area is 120 Å². The number of nitrogen functional groups attached to an aromatic ring is 1. The number of benzene rings is 1. The number of hydrogen-bond acceptors (Lipinski definition) is 3. The summed E-state index contributed by atoms with van der Waals surface area (Å²) in [6, 6.07) is 8.72. The molecule has 19 heavy (non-hydrogen) atoms. The zero-order valence-electron chi connectivity index (χ0n) is 9.86. The Bertz CT molecular complexity index is 617. The maximum Gasteiger partial charge on any atom is 0.253 e. The van der Waals surface area contributed by atoms with Gasteiger partial charge in [-0.2, -0.15) is 0 Å². The zero-order valence-corrected chi connectivity index (χ0v) is 11.4. The Morgan fingerprint density at radius 3 is 2.74 bits per heavy atom. The summed E-state index contributed by atoms with van der Waals surface area (Å²) in [6.45, 7) is 0.317. The summed E-state index contributed by atoms with van der Waals surface area (Å²) < 4.78 is 0. The number of amides is 1. The Morgan fingerprint density at radius 2 is 2.00 bits per heavy atom. The first-order valence-electron chi connectivity index (χ1n) is 5.50. The van der Waals surface area contributed by atoms with Crippen LogP contribution in [0.25, 0.3) is 0 Å². The number of nitrogens with zero attached hydrogens (tertiary/aromatic N) is 1. The van der Waals surface area contributed by atoms with Crippen molar-refractivity contribution in [3.8, 4) is 0 Å². The van der Waals surface area contributed by atoms with Crippen molar-refractivity contribution < 1.29 is 4.79 Å². The minimum absolute atomic E-state index is 0.243. The van der Waals surface area contributed by atoms with E-state index in [9.17, 15) is 4.79 Å². The number of pyridine rings is 1. The lowest BCUT2D eigenvalue weighted by Gasteiger charge is -2.08. The van der Waals surface area contributed by atoms with Crippen molar-refractivity contribution in [2.75, 3.05) is 5.73 Å². The molecule has 0 atom stereocenters. The fraction of sp³-hybridized carbons (Fsp3) is 0.0769. The van der Waals surface area contributed by atoms with Crippen LogP contribution in [0.1, 0.15) is 15.9 Å². The summed E-state index contributed by atoms with van der Waals surface area (Å²) >= 11 is 11.9. The molecule has 0 aliphatic carbocycles. The zero-order chi connectivity index (χ0) is 13.8. The van der Waals surface area contributed by atoms with Crippen LogP contribution >= 0.6 is 23.2 Å². The molecule has 2 aromatic rings. The van der Waals surface area contributed by atoms with Gasteiger partial charge in [0.05, 0.1) is 10.6 Å². The van der Waals surface area contributed by atoms with Crippen molar-refractivity contribution in [2.45, 2.75) is 6.54 Å². The predicted octanol–water partition coefficient (Wildman–Crippen LogP) is 2.90. The molecule has 0 fully saturated rings. The van der Waals surface area contributed by atoms with Crippen molar-refractivity contribution in [1.29, 1.82) is 0 Å². The van der Waals surface area contributed by atoms with E-state index in [4.69, 9.17) is 28.9 Å². The standard InChI is InChI=1S/C13H11Cl2N3O/c14-10-4-2-1-3-8(10)6-18-13(19)9-5-12(16)17-7-11(9)15/h1-5,7H,6H2,(H2,16,17)(H,18,19). The lowest BCUT2D eigenvalue weighted by Crippen LogP contribution is -2.23. The highest BCUT2D eigenvalue weighted by molar-refractivity contribution is 6.33. The summed E-state index contributed by atoms with van der Waals surface area (Å²) in [7, 11) is 0. The molecule has 0 spiro atoms. The number of rotatable bonds is 3. The van der Waals surface area contributed by atoms with Crippen LogP contribution in [0.2, 0.25) is 10.0 Å². The van der Waals surface area contributed by atoms with Gasteiger partial charge in [0.25, 0.3) is 5.91 Å². The molecule has 0 aliphatic rings. The van der Waals surface area contributed by atoms with Gasteiger partial charge < -0.3 is 11.1 Å². The van der Waals surface area contributed by atoms with E-state index < -0.39 is 0 Å². The number of hydrogen-bond donors (Lipinski definition) is 2. The molecule has 0 saturated heterocycles. The molecule has 1 heterocycles. The number of halogens is 2. The van der Waals surface area contributed by atoms with Gasteiger partial charge in [0, 0.05) is 17.8 Å². The van der Waals surface area contributed by atoms with E-state index in [0.717, 1.165) is 5.56 Å². The lowest BCUT2D eigenvalue weighted by molar-refractivity contribution is 0.0951. The van der Waals surface area contributed by atoms with E-state index in [-0.39, 0.29) is 16.7 Å². The van der Waals surface area contributed by atoms with Crippen LogP contribution in [0, 0.1) is 0 Å². The smallest absolute Gasteiger partial charge is 0.253 e. The Morgan fingerprint density at radius 1 is 1.26 bits per heavy atom. The van der Waals surface area contributed by atoms with E-state index in [1.54, 1.807) is 6.07 Å². The van der Waals surface area contributed by atoms with Crippen LogP contribution in [0.5, 0.6) is 0 Å². The molecule has 1 amide bonds. The monoisotopic (exact) mass is 295 g/mol. The van der Waals surface area contributed by atoms with Crippen molar-refractivity contribution in [3.05, 3.63) is 57.7 Å². The summed E-state index contributed by atoms with van der Waals surface area (Å²) in [6.07, 6.45) is 1.35. The van der Waals surface area contributed by atoms with Crippen LogP contribution in [0.3, 0.4) is 0 Å². The van der Waals surface area contributed by atoms with Crippen molar-refractivity contribution >= 4 is 34.9 Å². The average Bonchev–Trinajstić information content (AvgIpc) is 2.40. The minimum atomic E-state index is -0.320. The highest BCUT2D eigenvalue weighted by atomic mass is 35.5. The van der Waals surface area contributed by atoms with Crippen molar-refractivity contribution in [1.82, 2.24) is 10.3 Å². The molecule has 0 saturated carbocycles. The summed E-state index contributed by atoms with van der Waals surface area (Å²) in [4.78, 5) is 15.8. The second-order valence-corrected chi connectivity index (χ2v) is 4.68. The van der Waals surface area contributed by atoms with Crippen LogP contribution in [-0.4, -0.2) is 10.9 Å². The number of nitrogens with two attached hydrogens (primary N) is 1. The molecular weight excluding hydrogens is 285 g/mol. The maximum absolute atomic E-state index is 12.0. The highest BCUT2D eigenvalue weighted by Gasteiger charge is 2.11. The predicted molar refractivity (Wildman–Crippen MR) is 76.3 cm³/mol. The third-order valence-electron chi connectivity index (χ3n) is 2.52. The number of aromatic nitrogens is 1. The van der Waals surface area contributed by atoms with Gasteiger partial charge in [-0.05, 0) is 17.7 Å². The molecule has 0 unspecified atom stereocenters. The van der Waals surface area contributed by atoms with Gasteiger partial charge in [-0.25, -0.2) is 4.98 Å². The first-order chi connectivity index (χ1) is 9.08. The third kappa shape index (κ3) is 3.36. The molecule has 3 N–H and O–H groups in total. The second kappa shape index (κ2) is 5.91. The molecule has 98 valence electrons. The van der Waals surface area contributed by atoms with Gasteiger partial charge in [0.1, 0.15) is 5.82 Å². The topological polar surface area (TPSA) is 68.0 Å². The van der Waals surface area contributed by atoms with E-state index in [1.807, 2.05) is 18.2 Å². The van der Waals surface area contributed by atoms with Crippen LogP contribution in [0.4, 0.5) is 5.82 Å². The molecule has 4 nitrogen and oxygen atoms in total. The quantitative estimate of drug-likeness (QED) is 0.915. The summed E-state index contributed by atoms with van der Waals surface area (Å²) in [5.74, 6) is -0.0775. The number of carbonyl (C=O) groups excluding carboxylic acids is 1. The van der Waals surface area contributed by atoms with E-state index in [1.165, 1.54) is 12.3 Å². The first-order valence-corrected chi connectivity index (χ1v) is 6.26. The summed E-state index contributed by atoms with van der Waals surface area (Å²) in [5.41, 5.74) is 6.65. The van der Waals surface area contributed by atoms with E-state index in [0.29, 0.717) is 17.1 Å². The Balaban J connectivity index is 2.10. The molecule has 0 aliphatic heterocycles. The SMILES string of the molecule is Nc1cc(C(=O)NCc2ccccc2Cl)c(Cl)cn1. The van der Waals surface area contributed by atoms with Crippen LogP contribution in [0.15, 0.2) is 36.5 Å². The number of anilines is 1. The average molecular weight is 296 g/mol. The molecular formula is C13H11Cl2N3O. The van der Waals surface area contributed by atoms with Crippen LogP contribution in [-0.2, 0) is 6.54 Å². The molecule has 1 aromatic heterocycles. The van der Waals surface area contributed by atoms with Crippen molar-refractivity contribution in [2.24, 2.45) is 0 Å². The summed E-state index contributed by atoms with van der Waals surface area (Å²) in [5, 5.41) is 3.59. The van der Waals surface area contributed by atoms with Gasteiger partial charge in [-0.1, -0.05) is 41.4 Å². The fourth-order valence-electron chi connectivity index (χ4n) is 1.54. The lowest BCUT2D eigenvalue weighted by atomic mass is 10.2. The van der Waals surface area contributed by atoms with E-state index >= 15 is 0 Å². The Kier molecular flexibility index (Phi) is 4.24. The molecule has 2 rings (SSSR count). The van der Waals surface area contributed by atoms with Gasteiger partial charge >= 0.3 is 0 Å². The highest BCUT2D eigenvalue weighted by Crippen LogP contribution is 2.18. The largest absolute Gasteiger partial charge is 0.384 e. The van der Waals surface area contributed by atoms with Crippen molar-refractivity contribution in [3.63, 3.8) is 0 Å². The molecule has 6 heteroatoms. The normalized spacial score (nSPS) is 10.2. The van der Waals surface area contributed by atoms with Gasteiger partial charge in [0.2, 0.25) is 0 Å². The molecule has 0 bridgehead atoms. The van der Waals surface area contributed by atoms with Gasteiger partial charge in [-0.15, -0.1) is 0 Å². The molecule has 1 aromatic carbocycles. The van der Waals surface area contributed by atoms with E-state index in [2.05, 4.69) is 10.3 Å². The molecule has 0 radical (unpaired) electrons. The van der Waals surface area contributed by atoms with Gasteiger partial charge in [-0.3, -0.25) is 4.79 Å². The second-order valence-electron chi connectivity index (χ2n) is 3.86. The fourth-order valence-corrected chi connectivity index (χ4v) is 1.93. The number of nitrogens with one attached hydrogen (secondary N) is 1.